The van der Waals surface area contributed by atoms with Gasteiger partial charge < -0.3 is 20.3 Å². The number of hydrogen-bond acceptors (Lipinski definition) is 10. The third kappa shape index (κ3) is 19.3. The first-order valence-corrected chi connectivity index (χ1v) is 26.2. The minimum atomic E-state index is -0.889. The second-order valence-electron chi connectivity index (χ2n) is 14.2. The highest BCUT2D eigenvalue weighted by atomic mass is 35.5. The molecule has 0 aliphatic carbocycles. The van der Waals surface area contributed by atoms with E-state index in [-0.39, 0.29) is 19.3 Å². The van der Waals surface area contributed by atoms with Crippen LogP contribution in [0.15, 0.2) is 84.9 Å². The van der Waals surface area contributed by atoms with Crippen LogP contribution in [0.1, 0.15) is 86.5 Å². The van der Waals surface area contributed by atoms with Gasteiger partial charge >= 0.3 is 23.9 Å². The number of hydrogen-bond donors (Lipinski definition) is 3. The van der Waals surface area contributed by atoms with Gasteiger partial charge in [-0.2, -0.15) is 0 Å². The molecule has 3 N–H and O–H groups in total. The van der Waals surface area contributed by atoms with Gasteiger partial charge in [-0.15, -0.1) is 0 Å². The van der Waals surface area contributed by atoms with Crippen LogP contribution in [-0.4, -0.2) is 56.1 Å². The third-order valence-electron chi connectivity index (χ3n) is 9.47. The lowest BCUT2D eigenvalue weighted by Crippen LogP contribution is -2.15. The second kappa shape index (κ2) is 28.2. The molecule has 61 heavy (non-hydrogen) atoms. The number of para-hydroxylation sites is 2. The number of halogens is 4. The van der Waals surface area contributed by atoms with Gasteiger partial charge in [0.25, 0.3) is 0 Å². The van der Waals surface area contributed by atoms with Crippen molar-refractivity contribution in [2.24, 2.45) is 0 Å². The van der Waals surface area contributed by atoms with Crippen molar-refractivity contribution in [1.29, 1.82) is 0 Å². The van der Waals surface area contributed by atoms with Crippen LogP contribution < -0.4 is 5.32 Å². The number of rotatable bonds is 18. The molecule has 2 fully saturated rings. The van der Waals surface area contributed by atoms with Crippen LogP contribution in [-0.2, 0) is 43.2 Å². The molecular weight excluding hydrogens is 937 g/mol. The summed E-state index contributed by atoms with van der Waals surface area (Å²) in [6.07, 6.45) is 9.65. The Balaban J connectivity index is 0.000000224. The highest BCUT2D eigenvalue weighted by Crippen LogP contribution is 2.41. The minimum absolute atomic E-state index is 0.0416. The first-order chi connectivity index (χ1) is 29.4. The molecule has 16 heteroatoms. The van der Waals surface area contributed by atoms with E-state index < -0.39 is 23.9 Å². The van der Waals surface area contributed by atoms with Gasteiger partial charge in [0, 0.05) is 57.0 Å². The van der Waals surface area contributed by atoms with Crippen LogP contribution in [0.5, 0.6) is 0 Å². The molecular formula is C45H49Cl4NO7S4. The SMILES string of the molecule is O=C(CCCCC1CCSS1)OC(=O)Cc1ccccc1Cc1c(Cl)cccc1Cl.O=C(O)CCCCC1CCSS1.O=C(O)Cc1ccccc1Nc1c(Cl)cccc1Cl. The standard InChI is InChI=1S/C23H24Cl2O3S2.C14H11Cl2NO2.C8H14O2S2/c24-20-9-5-10-21(25)19(20)14-16-6-1-2-7-17(16)15-23(27)28-22(26)11-4-3-8-18-12-13-29-30-18;15-10-5-3-6-11(16)14(10)17-12-7-2-1-4-9(12)8-13(18)19;9-8(10)4-2-1-3-7-5-6-11-12-7/h1-2,5-7,9-10,18H,3-4,8,11-15H2;1-7,17H,8H2,(H,18,19);7H,1-6H2,(H,9,10). The summed E-state index contributed by atoms with van der Waals surface area (Å²) in [5, 5.41) is 24.0. The van der Waals surface area contributed by atoms with Gasteiger partial charge in [0.05, 0.1) is 28.6 Å². The number of benzene rings is 4. The summed E-state index contributed by atoms with van der Waals surface area (Å²) >= 11 is 24.7. The number of carboxylic acid groups (broad SMARTS) is 2. The molecule has 328 valence electrons. The summed E-state index contributed by atoms with van der Waals surface area (Å²) in [6.45, 7) is 0. The van der Waals surface area contributed by atoms with E-state index in [1.54, 1.807) is 54.6 Å². The number of carbonyl (C=O) groups is 4. The molecule has 0 spiro atoms. The maximum atomic E-state index is 12.3. The molecule has 2 unspecified atom stereocenters. The van der Waals surface area contributed by atoms with Crippen LogP contribution in [0.2, 0.25) is 20.1 Å². The molecule has 2 heterocycles. The molecule has 2 aliphatic heterocycles. The first-order valence-electron chi connectivity index (χ1n) is 19.9. The molecule has 4 aromatic carbocycles. The van der Waals surface area contributed by atoms with E-state index in [9.17, 15) is 19.2 Å². The number of aliphatic carboxylic acids is 2. The number of anilines is 2. The number of nitrogens with one attached hydrogen (secondary N) is 1. The van der Waals surface area contributed by atoms with Gasteiger partial charge in [-0.3, -0.25) is 19.2 Å². The Morgan fingerprint density at radius 2 is 1.11 bits per heavy atom. The number of carboxylic acids is 2. The summed E-state index contributed by atoms with van der Waals surface area (Å²) in [4.78, 5) is 45.3. The highest BCUT2D eigenvalue weighted by molar-refractivity contribution is 8.77. The Morgan fingerprint density at radius 1 is 0.590 bits per heavy atom. The van der Waals surface area contributed by atoms with Crippen molar-refractivity contribution < 1.29 is 34.1 Å². The van der Waals surface area contributed by atoms with Gasteiger partial charge in [0.15, 0.2) is 0 Å². The van der Waals surface area contributed by atoms with Crippen molar-refractivity contribution in [2.45, 2.75) is 94.0 Å². The molecule has 8 nitrogen and oxygen atoms in total. The Hall–Kier alpha value is -2.68. The van der Waals surface area contributed by atoms with Crippen molar-refractivity contribution in [3.8, 4) is 0 Å². The van der Waals surface area contributed by atoms with Crippen molar-refractivity contribution in [3.05, 3.63) is 127 Å². The molecule has 4 aromatic rings. The number of ether oxygens (including phenoxy) is 1. The Labute approximate surface area is 394 Å². The smallest absolute Gasteiger partial charge is 0.317 e. The van der Waals surface area contributed by atoms with Crippen LogP contribution in [0, 0.1) is 0 Å². The molecule has 0 amide bonds. The van der Waals surface area contributed by atoms with Crippen molar-refractivity contribution in [2.75, 3.05) is 16.8 Å². The quantitative estimate of drug-likeness (QED) is 0.0380. The number of esters is 2. The summed E-state index contributed by atoms with van der Waals surface area (Å²) < 4.78 is 5.04. The zero-order valence-electron chi connectivity index (χ0n) is 33.4. The molecule has 0 aromatic heterocycles. The van der Waals surface area contributed by atoms with E-state index >= 15 is 0 Å². The number of unbranched alkanes of at least 4 members (excludes halogenated alkanes) is 2. The Kier molecular flexibility index (Phi) is 23.5. The topological polar surface area (TPSA) is 130 Å². The van der Waals surface area contributed by atoms with E-state index in [1.807, 2.05) is 73.5 Å². The molecule has 0 bridgehead atoms. The Morgan fingerprint density at radius 3 is 1.66 bits per heavy atom. The average Bonchev–Trinajstić information content (AvgIpc) is 3.95. The van der Waals surface area contributed by atoms with Crippen LogP contribution in [0.25, 0.3) is 0 Å². The van der Waals surface area contributed by atoms with E-state index in [0.29, 0.717) is 55.1 Å². The van der Waals surface area contributed by atoms with Gasteiger partial charge in [0.2, 0.25) is 0 Å². The van der Waals surface area contributed by atoms with Crippen LogP contribution in [0.4, 0.5) is 11.4 Å². The molecule has 0 saturated carbocycles. The van der Waals surface area contributed by atoms with Gasteiger partial charge in [-0.1, -0.05) is 157 Å². The normalized spacial score (nSPS) is 15.5. The first kappa shape index (κ1) is 51.0. The van der Waals surface area contributed by atoms with E-state index in [4.69, 9.17) is 61.4 Å². The fourth-order valence-corrected chi connectivity index (χ4v) is 13.4. The second-order valence-corrected chi connectivity index (χ2v) is 21.4. The van der Waals surface area contributed by atoms with Crippen LogP contribution in [0.3, 0.4) is 0 Å². The van der Waals surface area contributed by atoms with Gasteiger partial charge in [0.1, 0.15) is 0 Å². The molecule has 0 radical (unpaired) electrons. The van der Waals surface area contributed by atoms with Crippen molar-refractivity contribution in [1.82, 2.24) is 0 Å². The third-order valence-corrected chi connectivity index (χ3v) is 16.8. The van der Waals surface area contributed by atoms with Gasteiger partial charge in [-0.25, -0.2) is 0 Å². The highest BCUT2D eigenvalue weighted by Gasteiger charge is 2.19. The fraction of sp³-hybridized carbons (Fsp3) is 0.378. The Bertz CT molecular complexity index is 2010. The monoisotopic (exact) mass is 983 g/mol. The summed E-state index contributed by atoms with van der Waals surface area (Å²) in [5.41, 5.74) is 4.48. The molecule has 2 saturated heterocycles. The van der Waals surface area contributed by atoms with Crippen molar-refractivity contribution in [3.63, 3.8) is 0 Å². The lowest BCUT2D eigenvalue weighted by Gasteiger charge is -2.13. The zero-order chi connectivity index (χ0) is 44.0. The van der Waals surface area contributed by atoms with Crippen molar-refractivity contribution >= 4 is 125 Å². The summed E-state index contributed by atoms with van der Waals surface area (Å²) in [5.74, 6) is -0.0342. The predicted octanol–water partition coefficient (Wildman–Crippen LogP) is 14.1. The largest absolute Gasteiger partial charge is 0.481 e. The lowest BCUT2D eigenvalue weighted by molar-refractivity contribution is -0.159. The summed E-state index contributed by atoms with van der Waals surface area (Å²) in [6, 6.07) is 25.3. The molecule has 2 atom stereocenters. The number of carbonyl (C=O) groups excluding carboxylic acids is 2. The maximum Gasteiger partial charge on any atom is 0.317 e. The molecule has 6 rings (SSSR count). The molecule has 2 aliphatic rings. The summed E-state index contributed by atoms with van der Waals surface area (Å²) in [7, 11) is 7.79. The zero-order valence-corrected chi connectivity index (χ0v) is 39.7. The van der Waals surface area contributed by atoms with E-state index in [0.717, 1.165) is 54.0 Å². The van der Waals surface area contributed by atoms with E-state index in [1.165, 1.54) is 30.8 Å². The van der Waals surface area contributed by atoms with E-state index in [2.05, 4.69) is 5.32 Å². The predicted molar refractivity (Wildman–Crippen MR) is 260 cm³/mol. The van der Waals surface area contributed by atoms with Gasteiger partial charge in [-0.05, 0) is 91.1 Å². The van der Waals surface area contributed by atoms with Crippen LogP contribution >= 0.6 is 89.6 Å². The lowest BCUT2D eigenvalue weighted by atomic mass is 9.98. The maximum absolute atomic E-state index is 12.3. The minimum Gasteiger partial charge on any atom is -0.481 e. The average molecular weight is 986 g/mol. The fourth-order valence-electron chi connectivity index (χ4n) is 6.29.